The normalized spacial score (nSPS) is 14.4. The van der Waals surface area contributed by atoms with E-state index in [9.17, 15) is 14.7 Å². The molecule has 1 aromatic carbocycles. The lowest BCUT2D eigenvalue weighted by atomic mass is 9.85. The Morgan fingerprint density at radius 3 is 2.79 bits per heavy atom. The number of rotatable bonds is 10. The maximum atomic E-state index is 12.4. The lowest BCUT2D eigenvalue weighted by Gasteiger charge is -2.31. The van der Waals surface area contributed by atoms with Crippen LogP contribution in [0.1, 0.15) is 54.4 Å². The van der Waals surface area contributed by atoms with Gasteiger partial charge in [-0.3, -0.25) is 9.48 Å². The van der Waals surface area contributed by atoms with Gasteiger partial charge >= 0.3 is 5.97 Å². The Balaban J connectivity index is 1.67. The number of pyridine rings is 1. The summed E-state index contributed by atoms with van der Waals surface area (Å²) in [6.07, 6.45) is 9.03. The summed E-state index contributed by atoms with van der Waals surface area (Å²) in [5.74, 6) is 0.248. The summed E-state index contributed by atoms with van der Waals surface area (Å²) in [7, 11) is 1.59. The van der Waals surface area contributed by atoms with Crippen LogP contribution in [0, 0.1) is 0 Å². The van der Waals surface area contributed by atoms with E-state index in [0.717, 1.165) is 43.4 Å². The van der Waals surface area contributed by atoms with Crippen molar-refractivity contribution in [2.45, 2.75) is 51.6 Å². The molecular weight excluding hydrogens is 422 g/mol. The van der Waals surface area contributed by atoms with Gasteiger partial charge in [0.1, 0.15) is 5.56 Å². The first-order valence-corrected chi connectivity index (χ1v) is 11.3. The molecule has 8 heteroatoms. The smallest absolute Gasteiger partial charge is 0.341 e. The average molecular weight is 452 g/mol. The second kappa shape index (κ2) is 9.94. The number of hydrogen-bond donors (Lipinski definition) is 1. The predicted molar refractivity (Wildman–Crippen MR) is 124 cm³/mol. The topological polar surface area (TPSA) is 95.6 Å². The number of aryl methyl sites for hydroxylation is 1. The molecule has 3 heterocycles. The molecule has 0 fully saturated rings. The van der Waals surface area contributed by atoms with Gasteiger partial charge in [0.2, 0.25) is 0 Å². The zero-order chi connectivity index (χ0) is 23.4. The fourth-order valence-electron chi connectivity index (χ4n) is 4.40. The van der Waals surface area contributed by atoms with Crippen molar-refractivity contribution >= 4 is 5.97 Å². The minimum absolute atomic E-state index is 0.189. The maximum absolute atomic E-state index is 12.4. The minimum Gasteiger partial charge on any atom is -0.493 e. The van der Waals surface area contributed by atoms with Gasteiger partial charge in [-0.1, -0.05) is 19.8 Å². The van der Waals surface area contributed by atoms with Crippen molar-refractivity contribution in [3.63, 3.8) is 0 Å². The largest absolute Gasteiger partial charge is 0.493 e. The summed E-state index contributed by atoms with van der Waals surface area (Å²) in [4.78, 5) is 23.9. The van der Waals surface area contributed by atoms with Crippen LogP contribution >= 0.6 is 0 Å². The summed E-state index contributed by atoms with van der Waals surface area (Å²) in [6, 6.07) is 7.25. The molecule has 3 aromatic rings. The second-order valence-electron chi connectivity index (χ2n) is 8.29. The molecule has 0 spiro atoms. The molecule has 174 valence electrons. The minimum atomic E-state index is -1.21. The molecular formula is C25H29N3O5. The van der Waals surface area contributed by atoms with Gasteiger partial charge in [-0.15, -0.1) is 0 Å². The molecule has 33 heavy (non-hydrogen) atoms. The number of methoxy groups -OCH3 is 1. The van der Waals surface area contributed by atoms with E-state index in [1.807, 2.05) is 33.6 Å². The Bertz CT molecular complexity index is 1180. The molecule has 1 N–H and O–H groups in total. The number of aromatic carboxylic acids is 1. The van der Waals surface area contributed by atoms with Crippen molar-refractivity contribution in [2.24, 2.45) is 0 Å². The van der Waals surface area contributed by atoms with Crippen LogP contribution in [0.4, 0.5) is 0 Å². The van der Waals surface area contributed by atoms with Gasteiger partial charge in [-0.25, -0.2) is 4.79 Å². The summed E-state index contributed by atoms with van der Waals surface area (Å²) < 4.78 is 15.5. The molecule has 1 aliphatic rings. The zero-order valence-electron chi connectivity index (χ0n) is 19.0. The van der Waals surface area contributed by atoms with E-state index in [1.54, 1.807) is 13.3 Å². The first kappa shape index (κ1) is 22.6. The highest BCUT2D eigenvalue weighted by molar-refractivity contribution is 5.87. The van der Waals surface area contributed by atoms with Gasteiger partial charge in [0, 0.05) is 55.6 Å². The van der Waals surface area contributed by atoms with Crippen LogP contribution < -0.4 is 14.9 Å². The Kier molecular flexibility index (Phi) is 6.82. The molecule has 2 aromatic heterocycles. The third kappa shape index (κ3) is 4.79. The van der Waals surface area contributed by atoms with Crippen molar-refractivity contribution in [1.29, 1.82) is 0 Å². The second-order valence-corrected chi connectivity index (χ2v) is 8.29. The molecule has 0 radical (unpaired) electrons. The van der Waals surface area contributed by atoms with Crippen molar-refractivity contribution in [1.82, 2.24) is 14.3 Å². The highest BCUT2D eigenvalue weighted by atomic mass is 16.5. The van der Waals surface area contributed by atoms with Crippen LogP contribution in [0.5, 0.6) is 11.5 Å². The van der Waals surface area contributed by atoms with Gasteiger partial charge in [0.25, 0.3) is 0 Å². The number of carboxylic acids is 1. The molecule has 8 nitrogen and oxygen atoms in total. The molecule has 1 aliphatic heterocycles. The number of nitrogens with zero attached hydrogens (tertiary/aromatic N) is 3. The Labute approximate surface area is 192 Å². The Morgan fingerprint density at radius 1 is 1.24 bits per heavy atom. The molecule has 4 rings (SSSR count). The van der Waals surface area contributed by atoms with Gasteiger partial charge in [-0.2, -0.15) is 5.10 Å². The Morgan fingerprint density at radius 2 is 2.09 bits per heavy atom. The zero-order valence-corrected chi connectivity index (χ0v) is 19.0. The fraction of sp³-hybridized carbons (Fsp3) is 0.400. The van der Waals surface area contributed by atoms with Crippen LogP contribution in [0.25, 0.3) is 11.3 Å². The van der Waals surface area contributed by atoms with Gasteiger partial charge in [-0.05, 0) is 30.2 Å². The number of aromatic nitrogens is 3. The van der Waals surface area contributed by atoms with Crippen LogP contribution in [0.15, 0.2) is 47.7 Å². The predicted octanol–water partition coefficient (Wildman–Crippen LogP) is 4.18. The summed E-state index contributed by atoms with van der Waals surface area (Å²) in [5, 5.41) is 13.6. The van der Waals surface area contributed by atoms with Crippen molar-refractivity contribution in [3.05, 3.63) is 64.2 Å². The monoisotopic (exact) mass is 451 g/mol. The highest BCUT2D eigenvalue weighted by Gasteiger charge is 2.28. The SMILES string of the molecule is CCCCC1Cn2cc(C(=O)O)c(=O)cc2-c2cc(OC)c(OCCCn3cccn3)cc21. The molecule has 0 saturated heterocycles. The number of ether oxygens (including phenoxy) is 2. The van der Waals surface area contributed by atoms with Crippen LogP contribution in [0.3, 0.4) is 0 Å². The molecule has 0 aliphatic carbocycles. The first-order chi connectivity index (χ1) is 16.0. The van der Waals surface area contributed by atoms with E-state index in [2.05, 4.69) is 12.0 Å². The van der Waals surface area contributed by atoms with Crippen molar-refractivity contribution < 1.29 is 19.4 Å². The van der Waals surface area contributed by atoms with E-state index >= 15 is 0 Å². The van der Waals surface area contributed by atoms with E-state index in [1.165, 1.54) is 12.3 Å². The van der Waals surface area contributed by atoms with Gasteiger partial charge < -0.3 is 19.1 Å². The van der Waals surface area contributed by atoms with E-state index in [4.69, 9.17) is 9.47 Å². The summed E-state index contributed by atoms with van der Waals surface area (Å²) >= 11 is 0. The third-order valence-electron chi connectivity index (χ3n) is 6.08. The summed E-state index contributed by atoms with van der Waals surface area (Å²) in [5.41, 5.74) is 1.99. The molecule has 1 atom stereocenters. The molecule has 0 bridgehead atoms. The molecule has 0 saturated carbocycles. The van der Waals surface area contributed by atoms with E-state index in [-0.39, 0.29) is 11.5 Å². The van der Waals surface area contributed by atoms with E-state index in [0.29, 0.717) is 30.3 Å². The number of hydrogen-bond acceptors (Lipinski definition) is 5. The van der Waals surface area contributed by atoms with E-state index < -0.39 is 11.4 Å². The van der Waals surface area contributed by atoms with Crippen molar-refractivity contribution in [2.75, 3.05) is 13.7 Å². The lowest BCUT2D eigenvalue weighted by Crippen LogP contribution is -2.24. The van der Waals surface area contributed by atoms with Gasteiger partial charge in [0.05, 0.1) is 19.4 Å². The molecule has 0 amide bonds. The Hall–Kier alpha value is -3.55. The number of carboxylic acid groups (broad SMARTS) is 1. The average Bonchev–Trinajstić information content (AvgIpc) is 3.33. The maximum Gasteiger partial charge on any atom is 0.341 e. The van der Waals surface area contributed by atoms with Crippen LogP contribution in [0.2, 0.25) is 0 Å². The third-order valence-corrected chi connectivity index (χ3v) is 6.08. The number of fused-ring (bicyclic) bond motifs is 3. The lowest BCUT2D eigenvalue weighted by molar-refractivity contribution is 0.0694. The number of benzene rings is 1. The summed E-state index contributed by atoms with van der Waals surface area (Å²) in [6.45, 7) is 4.06. The van der Waals surface area contributed by atoms with Crippen LogP contribution in [-0.4, -0.2) is 39.1 Å². The standard InChI is InChI=1S/C25H29N3O5/c1-3-4-7-17-15-27-16-20(25(30)31)22(29)14-21(27)19-13-23(32-2)24(12-18(17)19)33-11-6-10-28-9-5-8-26-28/h5,8-9,12-14,16-17H,3-4,6-7,10-11,15H2,1-2H3,(H,30,31). The molecule has 1 unspecified atom stereocenters. The quantitative estimate of drug-likeness (QED) is 0.465. The highest BCUT2D eigenvalue weighted by Crippen LogP contribution is 2.44. The van der Waals surface area contributed by atoms with Gasteiger partial charge in [0.15, 0.2) is 16.9 Å². The van der Waals surface area contributed by atoms with Crippen molar-refractivity contribution in [3.8, 4) is 22.8 Å². The fourth-order valence-corrected chi connectivity index (χ4v) is 4.40. The number of unbranched alkanes of at least 4 members (excludes halogenated alkanes) is 1. The first-order valence-electron chi connectivity index (χ1n) is 11.3. The number of carbonyl (C=O) groups is 1. The van der Waals surface area contributed by atoms with Crippen LogP contribution in [-0.2, 0) is 13.1 Å².